The summed E-state index contributed by atoms with van der Waals surface area (Å²) in [6.07, 6.45) is 0.685. The Kier molecular flexibility index (Phi) is 2.93. The summed E-state index contributed by atoms with van der Waals surface area (Å²) < 4.78 is 5.52. The smallest absolute Gasteiger partial charge is 0.348 e. The van der Waals surface area contributed by atoms with Gasteiger partial charge >= 0.3 is 5.97 Å². The van der Waals surface area contributed by atoms with E-state index in [9.17, 15) is 4.79 Å². The largest absolute Gasteiger partial charge is 0.477 e. The molecular formula is C12H13NO3S. The topological polar surface area (TPSA) is 76.5 Å². The molecule has 0 saturated carbocycles. The third-order valence-corrected chi connectivity index (χ3v) is 3.81. The number of hydrogen-bond donors (Lipinski definition) is 2. The van der Waals surface area contributed by atoms with E-state index < -0.39 is 5.97 Å². The van der Waals surface area contributed by atoms with Crippen LogP contribution in [-0.2, 0) is 6.42 Å². The first-order valence-electron chi connectivity index (χ1n) is 5.25. The third-order valence-electron chi connectivity index (χ3n) is 2.56. The zero-order chi connectivity index (χ0) is 12.6. The van der Waals surface area contributed by atoms with Gasteiger partial charge in [0.2, 0.25) is 0 Å². The Morgan fingerprint density at radius 1 is 1.53 bits per heavy atom. The number of furan rings is 1. The van der Waals surface area contributed by atoms with E-state index in [0.717, 1.165) is 16.2 Å². The molecule has 0 aliphatic rings. The predicted molar refractivity (Wildman–Crippen MR) is 67.5 cm³/mol. The van der Waals surface area contributed by atoms with Crippen LogP contribution in [-0.4, -0.2) is 11.1 Å². The summed E-state index contributed by atoms with van der Waals surface area (Å²) in [5, 5.41) is 9.05. The van der Waals surface area contributed by atoms with Gasteiger partial charge in [-0.3, -0.25) is 0 Å². The molecule has 0 radical (unpaired) electrons. The molecule has 0 aliphatic carbocycles. The van der Waals surface area contributed by atoms with Gasteiger partial charge in [-0.1, -0.05) is 6.92 Å². The molecule has 2 heterocycles. The van der Waals surface area contributed by atoms with Gasteiger partial charge in [0.1, 0.15) is 16.4 Å². The second-order valence-electron chi connectivity index (χ2n) is 3.72. The highest BCUT2D eigenvalue weighted by molar-refractivity contribution is 7.18. The van der Waals surface area contributed by atoms with Crippen molar-refractivity contribution in [1.82, 2.24) is 0 Å². The molecule has 5 heteroatoms. The second kappa shape index (κ2) is 4.25. The first-order chi connectivity index (χ1) is 8.04. The molecule has 0 spiro atoms. The Labute approximate surface area is 103 Å². The van der Waals surface area contributed by atoms with Crippen molar-refractivity contribution in [1.29, 1.82) is 0 Å². The van der Waals surface area contributed by atoms with Crippen molar-refractivity contribution in [2.24, 2.45) is 0 Å². The average molecular weight is 251 g/mol. The Hall–Kier alpha value is -1.75. The average Bonchev–Trinajstić information content (AvgIpc) is 2.82. The van der Waals surface area contributed by atoms with Crippen LogP contribution in [0.5, 0.6) is 0 Å². The van der Waals surface area contributed by atoms with E-state index >= 15 is 0 Å². The lowest BCUT2D eigenvalue weighted by Crippen LogP contribution is -1.99. The number of nitrogens with two attached hydrogens (primary N) is 1. The maximum atomic E-state index is 11.0. The van der Waals surface area contributed by atoms with Gasteiger partial charge < -0.3 is 15.3 Å². The van der Waals surface area contributed by atoms with E-state index in [0.29, 0.717) is 17.9 Å². The van der Waals surface area contributed by atoms with Crippen molar-refractivity contribution in [2.75, 3.05) is 5.73 Å². The van der Waals surface area contributed by atoms with Crippen LogP contribution in [0.2, 0.25) is 0 Å². The highest BCUT2D eigenvalue weighted by atomic mass is 32.1. The summed E-state index contributed by atoms with van der Waals surface area (Å²) in [6.45, 7) is 3.80. The lowest BCUT2D eigenvalue weighted by Gasteiger charge is -1.98. The fourth-order valence-electron chi connectivity index (χ4n) is 1.74. The van der Waals surface area contributed by atoms with Gasteiger partial charge in [0, 0.05) is 0 Å². The van der Waals surface area contributed by atoms with Gasteiger partial charge in [0.05, 0.1) is 10.6 Å². The number of aromatic carboxylic acids is 1. The second-order valence-corrected chi connectivity index (χ2v) is 4.74. The van der Waals surface area contributed by atoms with Gasteiger partial charge in [-0.05, 0) is 31.0 Å². The monoisotopic (exact) mass is 251 g/mol. The molecule has 0 amide bonds. The van der Waals surface area contributed by atoms with Gasteiger partial charge in [-0.2, -0.15) is 0 Å². The van der Waals surface area contributed by atoms with Crippen molar-refractivity contribution in [3.05, 3.63) is 28.3 Å². The van der Waals surface area contributed by atoms with Crippen molar-refractivity contribution >= 4 is 23.0 Å². The Morgan fingerprint density at radius 3 is 2.71 bits per heavy atom. The summed E-state index contributed by atoms with van der Waals surface area (Å²) in [4.78, 5) is 12.0. The minimum Gasteiger partial charge on any atom is -0.477 e. The molecule has 0 aromatic carbocycles. The molecule has 0 aliphatic heterocycles. The van der Waals surface area contributed by atoms with E-state index in [2.05, 4.69) is 0 Å². The van der Waals surface area contributed by atoms with Crippen LogP contribution < -0.4 is 5.73 Å². The summed E-state index contributed by atoms with van der Waals surface area (Å²) in [7, 11) is 0. The zero-order valence-electron chi connectivity index (χ0n) is 9.61. The molecule has 0 bridgehead atoms. The standard InChI is InChI=1S/C12H13NO3S/c1-3-7-9(13)11(12(14)15)17-10(7)8-5-4-6(2)16-8/h4-5H,3,13H2,1-2H3,(H,14,15). The van der Waals surface area contributed by atoms with Crippen molar-refractivity contribution in [3.63, 3.8) is 0 Å². The Bertz CT molecular complexity index is 568. The van der Waals surface area contributed by atoms with E-state index in [1.54, 1.807) is 0 Å². The number of carboxylic acids is 1. The molecule has 4 nitrogen and oxygen atoms in total. The first kappa shape index (κ1) is 11.7. The third kappa shape index (κ3) is 1.93. The Morgan fingerprint density at radius 2 is 2.24 bits per heavy atom. The van der Waals surface area contributed by atoms with E-state index in [4.69, 9.17) is 15.3 Å². The molecule has 0 unspecified atom stereocenters. The molecule has 3 N–H and O–H groups in total. The van der Waals surface area contributed by atoms with Crippen LogP contribution in [0.15, 0.2) is 16.5 Å². The van der Waals surface area contributed by atoms with Crippen LogP contribution >= 0.6 is 11.3 Å². The van der Waals surface area contributed by atoms with Crippen LogP contribution in [0.25, 0.3) is 10.6 Å². The maximum absolute atomic E-state index is 11.0. The molecule has 0 saturated heterocycles. The fourth-order valence-corrected chi connectivity index (χ4v) is 2.86. The van der Waals surface area contributed by atoms with Crippen LogP contribution in [0.3, 0.4) is 0 Å². The summed E-state index contributed by atoms with van der Waals surface area (Å²) in [6, 6.07) is 3.69. The zero-order valence-corrected chi connectivity index (χ0v) is 10.4. The number of hydrogen-bond acceptors (Lipinski definition) is 4. The number of nitrogen functional groups attached to an aromatic ring is 1. The number of carboxylic acid groups (broad SMARTS) is 1. The molecule has 17 heavy (non-hydrogen) atoms. The fraction of sp³-hybridized carbons (Fsp3) is 0.250. The van der Waals surface area contributed by atoms with E-state index in [1.165, 1.54) is 11.3 Å². The lowest BCUT2D eigenvalue weighted by atomic mass is 10.1. The maximum Gasteiger partial charge on any atom is 0.348 e. The van der Waals surface area contributed by atoms with Gasteiger partial charge in [-0.25, -0.2) is 4.79 Å². The number of thiophene rings is 1. The van der Waals surface area contributed by atoms with Crippen molar-refractivity contribution in [2.45, 2.75) is 20.3 Å². The van der Waals surface area contributed by atoms with Crippen molar-refractivity contribution < 1.29 is 14.3 Å². The normalized spacial score (nSPS) is 10.7. The van der Waals surface area contributed by atoms with Gasteiger partial charge in [0.15, 0.2) is 0 Å². The molecule has 2 aromatic rings. The molecule has 0 fully saturated rings. The van der Waals surface area contributed by atoms with Crippen LogP contribution in [0.4, 0.5) is 5.69 Å². The lowest BCUT2D eigenvalue weighted by molar-refractivity contribution is 0.0703. The number of aryl methyl sites for hydroxylation is 1. The highest BCUT2D eigenvalue weighted by Crippen LogP contribution is 2.39. The van der Waals surface area contributed by atoms with Crippen LogP contribution in [0, 0.1) is 6.92 Å². The quantitative estimate of drug-likeness (QED) is 0.878. The predicted octanol–water partition coefficient (Wildman–Crippen LogP) is 3.16. The summed E-state index contributed by atoms with van der Waals surface area (Å²) in [5.41, 5.74) is 7.05. The number of anilines is 1. The summed E-state index contributed by atoms with van der Waals surface area (Å²) in [5.74, 6) is 0.492. The van der Waals surface area contributed by atoms with Gasteiger partial charge in [-0.15, -0.1) is 11.3 Å². The SMILES string of the molecule is CCc1c(-c2ccc(C)o2)sc(C(=O)O)c1N. The molecular weight excluding hydrogens is 238 g/mol. The van der Waals surface area contributed by atoms with Crippen molar-refractivity contribution in [3.8, 4) is 10.6 Å². The van der Waals surface area contributed by atoms with Gasteiger partial charge in [0.25, 0.3) is 0 Å². The number of carbonyl (C=O) groups is 1. The number of rotatable bonds is 3. The van der Waals surface area contributed by atoms with E-state index in [-0.39, 0.29) is 4.88 Å². The molecule has 0 atom stereocenters. The summed E-state index contributed by atoms with van der Waals surface area (Å²) >= 11 is 1.17. The van der Waals surface area contributed by atoms with E-state index in [1.807, 2.05) is 26.0 Å². The Balaban J connectivity index is 2.61. The molecule has 2 aromatic heterocycles. The minimum atomic E-state index is -0.989. The first-order valence-corrected chi connectivity index (χ1v) is 6.07. The molecule has 2 rings (SSSR count). The molecule has 90 valence electrons. The highest BCUT2D eigenvalue weighted by Gasteiger charge is 2.21. The minimum absolute atomic E-state index is 0.186. The van der Waals surface area contributed by atoms with Crippen LogP contribution in [0.1, 0.15) is 27.9 Å².